The number of amides is 2. The normalized spacial score (nSPS) is 17.1. The molecule has 5 rings (SSSR count). The summed E-state index contributed by atoms with van der Waals surface area (Å²) in [5, 5.41) is 3.49. The number of piperidine rings is 1. The predicted octanol–water partition coefficient (Wildman–Crippen LogP) is 4.54. The Balaban J connectivity index is 1.29. The van der Waals surface area contributed by atoms with Crippen LogP contribution < -0.4 is 10.1 Å². The van der Waals surface area contributed by atoms with Gasteiger partial charge < -0.3 is 19.9 Å². The van der Waals surface area contributed by atoms with E-state index in [4.69, 9.17) is 4.74 Å². The molecule has 3 aromatic rings. The van der Waals surface area contributed by atoms with Gasteiger partial charge in [-0.25, -0.2) is 0 Å². The number of hydrogen-bond donors (Lipinski definition) is 2. The second kappa shape index (κ2) is 7.58. The number of aromatic amines is 1. The van der Waals surface area contributed by atoms with Gasteiger partial charge in [0.15, 0.2) is 6.61 Å². The largest absolute Gasteiger partial charge is 0.482 e. The Morgan fingerprint density at radius 1 is 1.09 bits per heavy atom. The second-order valence-electron chi connectivity index (χ2n) is 8.12. The highest BCUT2D eigenvalue weighted by Crippen LogP contribution is 2.37. The lowest BCUT2D eigenvalue weighted by atomic mass is 9.88. The Hall–Kier alpha value is -3.49. The molecule has 9 heteroatoms. The van der Waals surface area contributed by atoms with Gasteiger partial charge in [0, 0.05) is 35.8 Å². The topological polar surface area (TPSA) is 74.4 Å². The molecule has 3 heterocycles. The molecule has 1 saturated heterocycles. The van der Waals surface area contributed by atoms with Crippen LogP contribution in [0.15, 0.2) is 42.6 Å². The van der Waals surface area contributed by atoms with Gasteiger partial charge in [0.05, 0.1) is 11.3 Å². The maximum atomic E-state index is 13.0. The van der Waals surface area contributed by atoms with Crippen LogP contribution in [0.1, 0.15) is 40.2 Å². The Bertz CT molecular complexity index is 1210. The minimum Gasteiger partial charge on any atom is -0.482 e. The number of carbonyl (C=O) groups excluding carboxylic acids is 2. The first kappa shape index (κ1) is 20.4. The minimum atomic E-state index is -4.38. The van der Waals surface area contributed by atoms with E-state index in [2.05, 4.69) is 10.3 Å². The number of halogens is 3. The molecule has 0 atom stereocenters. The van der Waals surface area contributed by atoms with Gasteiger partial charge in [0.2, 0.25) is 0 Å². The molecule has 2 amide bonds. The number of alkyl halides is 3. The molecule has 1 aromatic heterocycles. The number of carbonyl (C=O) groups is 2. The zero-order valence-corrected chi connectivity index (χ0v) is 17.0. The summed E-state index contributed by atoms with van der Waals surface area (Å²) in [6.45, 7) is 1.03. The summed E-state index contributed by atoms with van der Waals surface area (Å²) in [6.07, 6.45) is -1.18. The standard InChI is InChI=1S/C23H20F3N3O3/c24-23(25,26)15-2-3-16-17(11-27-18(16)10-15)13-5-7-29(8-6-13)22(31)14-1-4-20-19(9-14)28-21(30)12-32-20/h1-4,9-11,13,27H,5-8,12H2,(H,28,30). The van der Waals surface area contributed by atoms with E-state index in [0.717, 1.165) is 23.1 Å². The zero-order chi connectivity index (χ0) is 22.5. The van der Waals surface area contributed by atoms with Crippen molar-refractivity contribution in [3.63, 3.8) is 0 Å². The van der Waals surface area contributed by atoms with Crippen LogP contribution in [-0.2, 0) is 11.0 Å². The number of ether oxygens (including phenoxy) is 1. The highest BCUT2D eigenvalue weighted by molar-refractivity contribution is 6.00. The van der Waals surface area contributed by atoms with E-state index >= 15 is 0 Å². The molecule has 0 radical (unpaired) electrons. The Morgan fingerprint density at radius 2 is 1.88 bits per heavy atom. The summed E-state index contributed by atoms with van der Waals surface area (Å²) < 4.78 is 44.2. The molecule has 2 aliphatic rings. The summed E-state index contributed by atoms with van der Waals surface area (Å²) in [5.41, 5.74) is 1.73. The fraction of sp³-hybridized carbons (Fsp3) is 0.304. The van der Waals surface area contributed by atoms with Gasteiger partial charge >= 0.3 is 6.18 Å². The molecule has 166 valence electrons. The molecule has 0 spiro atoms. The summed E-state index contributed by atoms with van der Waals surface area (Å²) >= 11 is 0. The summed E-state index contributed by atoms with van der Waals surface area (Å²) in [7, 11) is 0. The van der Waals surface area contributed by atoms with Gasteiger partial charge in [0.25, 0.3) is 11.8 Å². The van der Waals surface area contributed by atoms with Crippen LogP contribution in [0.3, 0.4) is 0 Å². The average molecular weight is 443 g/mol. The van der Waals surface area contributed by atoms with Gasteiger partial charge in [-0.05, 0) is 54.7 Å². The number of rotatable bonds is 2. The van der Waals surface area contributed by atoms with Crippen molar-refractivity contribution < 1.29 is 27.5 Å². The van der Waals surface area contributed by atoms with Crippen LogP contribution >= 0.6 is 0 Å². The number of likely N-dealkylation sites (tertiary alicyclic amines) is 1. The lowest BCUT2D eigenvalue weighted by Gasteiger charge is -2.32. The SMILES string of the molecule is O=C1COc2ccc(C(=O)N3CCC(c4c[nH]c5cc(C(F)(F)F)ccc45)CC3)cc2N1. The van der Waals surface area contributed by atoms with Crippen LogP contribution in [-0.4, -0.2) is 41.4 Å². The molecule has 0 aliphatic carbocycles. The van der Waals surface area contributed by atoms with Crippen LogP contribution in [0.2, 0.25) is 0 Å². The van der Waals surface area contributed by atoms with E-state index in [1.54, 1.807) is 29.3 Å². The smallest absolute Gasteiger partial charge is 0.416 e. The van der Waals surface area contributed by atoms with Crippen molar-refractivity contribution >= 4 is 28.4 Å². The van der Waals surface area contributed by atoms with E-state index in [0.29, 0.717) is 48.4 Å². The summed E-state index contributed by atoms with van der Waals surface area (Å²) in [6, 6.07) is 8.75. The van der Waals surface area contributed by atoms with E-state index in [1.807, 2.05) is 0 Å². The molecule has 2 N–H and O–H groups in total. The van der Waals surface area contributed by atoms with E-state index in [1.165, 1.54) is 6.07 Å². The number of aromatic nitrogens is 1. The van der Waals surface area contributed by atoms with Crippen molar-refractivity contribution in [3.8, 4) is 5.75 Å². The van der Waals surface area contributed by atoms with Gasteiger partial charge in [-0.15, -0.1) is 0 Å². The molecule has 2 aromatic carbocycles. The van der Waals surface area contributed by atoms with E-state index < -0.39 is 11.7 Å². The lowest BCUT2D eigenvalue weighted by molar-refractivity contribution is -0.137. The molecule has 1 fully saturated rings. The van der Waals surface area contributed by atoms with Crippen molar-refractivity contribution in [2.24, 2.45) is 0 Å². The molecule has 0 saturated carbocycles. The fourth-order valence-electron chi connectivity index (χ4n) is 4.46. The zero-order valence-electron chi connectivity index (χ0n) is 17.0. The van der Waals surface area contributed by atoms with Gasteiger partial charge in [-0.1, -0.05) is 6.07 Å². The summed E-state index contributed by atoms with van der Waals surface area (Å²) in [5.74, 6) is 0.303. The van der Waals surface area contributed by atoms with Crippen LogP contribution in [0.4, 0.5) is 18.9 Å². The minimum absolute atomic E-state index is 0.0425. The molecule has 32 heavy (non-hydrogen) atoms. The first-order chi connectivity index (χ1) is 15.3. The summed E-state index contributed by atoms with van der Waals surface area (Å²) in [4.78, 5) is 29.2. The van der Waals surface area contributed by atoms with Crippen molar-refractivity contribution in [1.82, 2.24) is 9.88 Å². The quantitative estimate of drug-likeness (QED) is 0.611. The number of benzene rings is 2. The molecular weight excluding hydrogens is 423 g/mol. The molecule has 0 bridgehead atoms. The molecule has 0 unspecified atom stereocenters. The number of nitrogens with one attached hydrogen (secondary N) is 2. The molecule has 6 nitrogen and oxygen atoms in total. The number of H-pyrrole nitrogens is 1. The van der Waals surface area contributed by atoms with E-state index in [-0.39, 0.29) is 24.3 Å². The Labute approximate surface area is 181 Å². The predicted molar refractivity (Wildman–Crippen MR) is 112 cm³/mol. The fourth-order valence-corrected chi connectivity index (χ4v) is 4.46. The highest BCUT2D eigenvalue weighted by Gasteiger charge is 2.32. The van der Waals surface area contributed by atoms with Crippen molar-refractivity contribution in [2.75, 3.05) is 25.0 Å². The van der Waals surface area contributed by atoms with Crippen LogP contribution in [0.25, 0.3) is 10.9 Å². The van der Waals surface area contributed by atoms with E-state index in [9.17, 15) is 22.8 Å². The van der Waals surface area contributed by atoms with Crippen molar-refractivity contribution in [2.45, 2.75) is 24.9 Å². The maximum absolute atomic E-state index is 13.0. The number of fused-ring (bicyclic) bond motifs is 2. The third kappa shape index (κ3) is 3.68. The van der Waals surface area contributed by atoms with Crippen molar-refractivity contribution in [3.05, 3.63) is 59.3 Å². The second-order valence-corrected chi connectivity index (χ2v) is 8.12. The maximum Gasteiger partial charge on any atom is 0.416 e. The molecular formula is C23H20F3N3O3. The van der Waals surface area contributed by atoms with Crippen molar-refractivity contribution in [1.29, 1.82) is 0 Å². The lowest BCUT2D eigenvalue weighted by Crippen LogP contribution is -2.38. The first-order valence-corrected chi connectivity index (χ1v) is 10.3. The number of nitrogens with zero attached hydrogens (tertiary/aromatic N) is 1. The monoisotopic (exact) mass is 443 g/mol. The van der Waals surface area contributed by atoms with Crippen LogP contribution in [0.5, 0.6) is 5.75 Å². The number of anilines is 1. The van der Waals surface area contributed by atoms with Gasteiger partial charge in [-0.2, -0.15) is 13.2 Å². The van der Waals surface area contributed by atoms with Gasteiger partial charge in [0.1, 0.15) is 5.75 Å². The first-order valence-electron chi connectivity index (χ1n) is 10.3. The van der Waals surface area contributed by atoms with Gasteiger partial charge in [-0.3, -0.25) is 9.59 Å². The Morgan fingerprint density at radius 3 is 2.62 bits per heavy atom. The Kier molecular flexibility index (Phi) is 4.83. The van der Waals surface area contributed by atoms with Crippen LogP contribution in [0, 0.1) is 0 Å². The third-order valence-corrected chi connectivity index (χ3v) is 6.12. The third-order valence-electron chi connectivity index (χ3n) is 6.12. The average Bonchev–Trinajstić information content (AvgIpc) is 3.21. The number of hydrogen-bond acceptors (Lipinski definition) is 3. The molecule has 2 aliphatic heterocycles. The highest BCUT2D eigenvalue weighted by atomic mass is 19.4.